The van der Waals surface area contributed by atoms with Gasteiger partial charge in [-0.2, -0.15) is 4.98 Å². The predicted molar refractivity (Wildman–Crippen MR) is 117 cm³/mol. The number of nitrogens with one attached hydrogen (secondary N) is 1. The van der Waals surface area contributed by atoms with Gasteiger partial charge in [-0.15, -0.1) is 11.3 Å². The van der Waals surface area contributed by atoms with Gasteiger partial charge in [-0.05, 0) is 36.4 Å². The van der Waals surface area contributed by atoms with E-state index in [0.29, 0.717) is 17.9 Å². The molecule has 2 fully saturated rings. The quantitative estimate of drug-likeness (QED) is 0.639. The lowest BCUT2D eigenvalue weighted by Gasteiger charge is -2.41. The van der Waals surface area contributed by atoms with Crippen LogP contribution in [0.4, 0.5) is 11.1 Å². The molecule has 8 heteroatoms. The summed E-state index contributed by atoms with van der Waals surface area (Å²) in [5, 5.41) is 10.8. The molecule has 2 saturated heterocycles. The Balaban J connectivity index is 1.37. The lowest BCUT2D eigenvalue weighted by molar-refractivity contribution is 0.120. The standard InChI is InChI=1S/C22H27N5O2S/c1-16-24-20(26-29-16)27-11-9-22(10-12-27,17-6-3-2-4-7-17)19-15-30-21(25-19)23-14-18-8-5-13-28-18/h2-4,6-7,15,18H,5,8-14H2,1H3,(H,23,25). The summed E-state index contributed by atoms with van der Waals surface area (Å²) in [4.78, 5) is 11.6. The van der Waals surface area contributed by atoms with E-state index in [1.54, 1.807) is 11.3 Å². The minimum Gasteiger partial charge on any atom is -0.376 e. The van der Waals surface area contributed by atoms with E-state index in [1.807, 2.05) is 6.92 Å². The molecule has 0 radical (unpaired) electrons. The van der Waals surface area contributed by atoms with Crippen LogP contribution in [-0.2, 0) is 10.2 Å². The number of benzene rings is 1. The van der Waals surface area contributed by atoms with E-state index in [9.17, 15) is 0 Å². The van der Waals surface area contributed by atoms with Gasteiger partial charge in [-0.1, -0.05) is 30.3 Å². The summed E-state index contributed by atoms with van der Waals surface area (Å²) in [6, 6.07) is 10.8. The van der Waals surface area contributed by atoms with Crippen LogP contribution in [0.15, 0.2) is 40.2 Å². The lowest BCUT2D eigenvalue weighted by Crippen LogP contribution is -2.44. The van der Waals surface area contributed by atoms with Crippen LogP contribution in [0.1, 0.15) is 42.8 Å². The maximum Gasteiger partial charge on any atom is 0.266 e. The molecule has 1 atom stereocenters. The molecule has 0 spiro atoms. The van der Waals surface area contributed by atoms with Crippen molar-refractivity contribution in [3.63, 3.8) is 0 Å². The van der Waals surface area contributed by atoms with Crippen LogP contribution in [0.5, 0.6) is 0 Å². The van der Waals surface area contributed by atoms with Crippen molar-refractivity contribution >= 4 is 22.4 Å². The number of aromatic nitrogens is 3. The van der Waals surface area contributed by atoms with Gasteiger partial charge in [0.25, 0.3) is 5.95 Å². The van der Waals surface area contributed by atoms with E-state index < -0.39 is 0 Å². The van der Waals surface area contributed by atoms with Crippen molar-refractivity contribution < 1.29 is 9.26 Å². The van der Waals surface area contributed by atoms with Crippen LogP contribution in [0.25, 0.3) is 0 Å². The maximum absolute atomic E-state index is 5.73. The molecule has 1 N–H and O–H groups in total. The Morgan fingerprint density at radius 3 is 2.73 bits per heavy atom. The number of thiazole rings is 1. The van der Waals surface area contributed by atoms with Crippen LogP contribution in [0.2, 0.25) is 0 Å². The third-order valence-corrected chi connectivity index (χ3v) is 7.04. The molecule has 5 rings (SSSR count). The Labute approximate surface area is 180 Å². The number of anilines is 2. The number of hydrogen-bond donors (Lipinski definition) is 1. The smallest absolute Gasteiger partial charge is 0.266 e. The van der Waals surface area contributed by atoms with Crippen molar-refractivity contribution in [1.29, 1.82) is 0 Å². The Morgan fingerprint density at radius 1 is 1.20 bits per heavy atom. The summed E-state index contributed by atoms with van der Waals surface area (Å²) < 4.78 is 10.9. The van der Waals surface area contributed by atoms with Crippen molar-refractivity contribution in [3.05, 3.63) is 52.9 Å². The molecule has 4 heterocycles. The molecule has 0 bridgehead atoms. The fourth-order valence-electron chi connectivity index (χ4n) is 4.54. The molecule has 2 aliphatic rings. The Morgan fingerprint density at radius 2 is 2.03 bits per heavy atom. The average Bonchev–Trinajstić information content (AvgIpc) is 3.55. The van der Waals surface area contributed by atoms with E-state index in [0.717, 1.165) is 62.7 Å². The van der Waals surface area contributed by atoms with E-state index in [-0.39, 0.29) is 5.41 Å². The molecule has 0 aliphatic carbocycles. The van der Waals surface area contributed by atoms with Crippen LogP contribution in [-0.4, -0.2) is 47.5 Å². The van der Waals surface area contributed by atoms with E-state index in [1.165, 1.54) is 5.56 Å². The van der Waals surface area contributed by atoms with Crippen LogP contribution < -0.4 is 10.2 Å². The highest BCUT2D eigenvalue weighted by Gasteiger charge is 2.40. The molecule has 3 aromatic rings. The molecule has 7 nitrogen and oxygen atoms in total. The minimum atomic E-state index is -0.100. The molecule has 2 aromatic heterocycles. The summed E-state index contributed by atoms with van der Waals surface area (Å²) in [5.41, 5.74) is 2.37. The second kappa shape index (κ2) is 8.35. The molecule has 1 unspecified atom stereocenters. The predicted octanol–water partition coefficient (Wildman–Crippen LogP) is 4.01. The van der Waals surface area contributed by atoms with Gasteiger partial charge in [0, 0.05) is 44.0 Å². The minimum absolute atomic E-state index is 0.100. The summed E-state index contributed by atoms with van der Waals surface area (Å²) in [5.74, 6) is 1.29. The first-order valence-electron chi connectivity index (χ1n) is 10.7. The van der Waals surface area contributed by atoms with Crippen LogP contribution in [0, 0.1) is 6.92 Å². The second-order valence-electron chi connectivity index (χ2n) is 8.10. The van der Waals surface area contributed by atoms with Gasteiger partial charge in [0.05, 0.1) is 11.8 Å². The molecule has 158 valence electrons. The van der Waals surface area contributed by atoms with Gasteiger partial charge < -0.3 is 19.5 Å². The topological polar surface area (TPSA) is 76.3 Å². The molecule has 1 aromatic carbocycles. The zero-order chi connectivity index (χ0) is 20.4. The average molecular weight is 426 g/mol. The Kier molecular flexibility index (Phi) is 5.43. The zero-order valence-electron chi connectivity index (χ0n) is 17.2. The second-order valence-corrected chi connectivity index (χ2v) is 8.96. The number of aryl methyl sites for hydroxylation is 1. The van der Waals surface area contributed by atoms with Crippen LogP contribution in [0.3, 0.4) is 0 Å². The number of ether oxygens (including phenoxy) is 1. The first-order valence-corrected chi connectivity index (χ1v) is 11.5. The van der Waals surface area contributed by atoms with Gasteiger partial charge in [0.1, 0.15) is 0 Å². The third kappa shape index (κ3) is 3.81. The van der Waals surface area contributed by atoms with E-state index >= 15 is 0 Å². The summed E-state index contributed by atoms with van der Waals surface area (Å²) in [6.07, 6.45) is 4.51. The third-order valence-electron chi connectivity index (χ3n) is 6.24. The Hall–Kier alpha value is -2.45. The number of rotatable bonds is 6. The number of nitrogens with zero attached hydrogens (tertiary/aromatic N) is 4. The largest absolute Gasteiger partial charge is 0.376 e. The normalized spacial score (nSPS) is 21.1. The fraction of sp³-hybridized carbons (Fsp3) is 0.500. The van der Waals surface area contributed by atoms with Crippen molar-refractivity contribution in [2.45, 2.75) is 44.1 Å². The fourth-order valence-corrected chi connectivity index (χ4v) is 5.36. The zero-order valence-corrected chi connectivity index (χ0v) is 18.0. The SMILES string of the molecule is Cc1nc(N2CCC(c3ccccc3)(c3csc(NCC4CCCO4)n3)CC2)no1. The molecular weight excluding hydrogens is 398 g/mol. The molecule has 30 heavy (non-hydrogen) atoms. The number of piperidine rings is 1. The maximum atomic E-state index is 5.73. The first-order chi connectivity index (χ1) is 14.7. The van der Waals surface area contributed by atoms with Gasteiger partial charge in [-0.25, -0.2) is 4.98 Å². The van der Waals surface area contributed by atoms with Gasteiger partial charge >= 0.3 is 0 Å². The lowest BCUT2D eigenvalue weighted by atomic mass is 9.71. The van der Waals surface area contributed by atoms with Gasteiger partial charge in [-0.3, -0.25) is 0 Å². The van der Waals surface area contributed by atoms with Crippen molar-refractivity contribution in [3.8, 4) is 0 Å². The molecule has 0 saturated carbocycles. The molecule has 2 aliphatic heterocycles. The van der Waals surface area contributed by atoms with E-state index in [4.69, 9.17) is 14.2 Å². The van der Waals surface area contributed by atoms with Crippen molar-refractivity contribution in [2.24, 2.45) is 0 Å². The Bertz CT molecular complexity index is 959. The monoisotopic (exact) mass is 425 g/mol. The van der Waals surface area contributed by atoms with Crippen molar-refractivity contribution in [2.75, 3.05) is 36.5 Å². The van der Waals surface area contributed by atoms with E-state index in [2.05, 4.69) is 56.1 Å². The highest BCUT2D eigenvalue weighted by Crippen LogP contribution is 2.43. The van der Waals surface area contributed by atoms with Crippen LogP contribution >= 0.6 is 11.3 Å². The first kappa shape index (κ1) is 19.5. The molecule has 0 amide bonds. The highest BCUT2D eigenvalue weighted by molar-refractivity contribution is 7.13. The van der Waals surface area contributed by atoms with Gasteiger partial charge in [0.15, 0.2) is 5.13 Å². The molecular formula is C22H27N5O2S. The highest BCUT2D eigenvalue weighted by atomic mass is 32.1. The van der Waals surface area contributed by atoms with Crippen molar-refractivity contribution in [1.82, 2.24) is 15.1 Å². The summed E-state index contributed by atoms with van der Waals surface area (Å²) in [6.45, 7) is 5.27. The summed E-state index contributed by atoms with van der Waals surface area (Å²) in [7, 11) is 0. The number of hydrogen-bond acceptors (Lipinski definition) is 8. The van der Waals surface area contributed by atoms with Gasteiger partial charge in [0.2, 0.25) is 5.89 Å². The summed E-state index contributed by atoms with van der Waals surface area (Å²) >= 11 is 1.69.